The van der Waals surface area contributed by atoms with E-state index in [2.05, 4.69) is 12.6 Å². The van der Waals surface area contributed by atoms with Gasteiger partial charge in [0.15, 0.2) is 6.29 Å². The Bertz CT molecular complexity index is 319. The third kappa shape index (κ3) is 3.38. The monoisotopic (exact) mass is 224 g/mol. The Labute approximate surface area is 96.3 Å². The van der Waals surface area contributed by atoms with E-state index in [-0.39, 0.29) is 6.29 Å². The fraction of sp³-hybridized carbons (Fsp3) is 0.333. The highest BCUT2D eigenvalue weighted by Gasteiger charge is 2.11. The second kappa shape index (κ2) is 6.67. The molecule has 0 aliphatic carbocycles. The maximum atomic E-state index is 5.23. The number of ether oxygens (including phenoxy) is 2. The third-order valence-electron chi connectivity index (χ3n) is 2.08. The third-order valence-corrected chi connectivity index (χ3v) is 2.29. The molecule has 0 bridgehead atoms. The SMILES string of the molecule is COC(OC)c1ccccc1C=CCS. The maximum Gasteiger partial charge on any atom is 0.183 e. The zero-order valence-electron chi connectivity index (χ0n) is 9.01. The lowest BCUT2D eigenvalue weighted by atomic mass is 10.1. The van der Waals surface area contributed by atoms with Gasteiger partial charge >= 0.3 is 0 Å². The summed E-state index contributed by atoms with van der Waals surface area (Å²) in [7, 11) is 3.26. The first-order chi connectivity index (χ1) is 7.33. The fourth-order valence-corrected chi connectivity index (χ4v) is 1.51. The van der Waals surface area contributed by atoms with Gasteiger partial charge in [-0.2, -0.15) is 12.6 Å². The van der Waals surface area contributed by atoms with E-state index in [1.807, 2.05) is 36.4 Å². The van der Waals surface area contributed by atoms with Gasteiger partial charge in [0.25, 0.3) is 0 Å². The number of thiol groups is 1. The second-order valence-corrected chi connectivity index (χ2v) is 3.38. The van der Waals surface area contributed by atoms with E-state index in [9.17, 15) is 0 Å². The van der Waals surface area contributed by atoms with E-state index in [1.54, 1.807) is 14.2 Å². The summed E-state index contributed by atoms with van der Waals surface area (Å²) in [5, 5.41) is 0. The molecule has 0 saturated heterocycles. The van der Waals surface area contributed by atoms with Crippen LogP contribution in [-0.2, 0) is 9.47 Å². The maximum absolute atomic E-state index is 5.23. The number of hydrogen-bond donors (Lipinski definition) is 1. The molecule has 0 amide bonds. The Morgan fingerprint density at radius 2 is 1.93 bits per heavy atom. The number of benzene rings is 1. The predicted octanol–water partition coefficient (Wildman–Crippen LogP) is 2.92. The highest BCUT2D eigenvalue weighted by molar-refractivity contribution is 7.80. The molecule has 0 aliphatic heterocycles. The Balaban J connectivity index is 2.99. The molecular formula is C12H16O2S. The predicted molar refractivity (Wildman–Crippen MR) is 66.1 cm³/mol. The first-order valence-corrected chi connectivity index (χ1v) is 5.38. The molecule has 0 spiro atoms. The minimum Gasteiger partial charge on any atom is -0.352 e. The molecule has 0 radical (unpaired) electrons. The topological polar surface area (TPSA) is 18.5 Å². The van der Waals surface area contributed by atoms with E-state index in [1.165, 1.54) is 0 Å². The van der Waals surface area contributed by atoms with Gasteiger partial charge in [-0.25, -0.2) is 0 Å². The summed E-state index contributed by atoms with van der Waals surface area (Å²) in [6.45, 7) is 0. The molecule has 0 unspecified atom stereocenters. The average Bonchev–Trinajstić information content (AvgIpc) is 2.29. The van der Waals surface area contributed by atoms with Crippen molar-refractivity contribution in [2.75, 3.05) is 20.0 Å². The van der Waals surface area contributed by atoms with Gasteiger partial charge in [0.05, 0.1) is 0 Å². The molecular weight excluding hydrogens is 208 g/mol. The summed E-state index contributed by atoms with van der Waals surface area (Å²) in [5.74, 6) is 0.721. The van der Waals surface area contributed by atoms with Crippen LogP contribution in [0, 0.1) is 0 Å². The molecule has 15 heavy (non-hydrogen) atoms. The van der Waals surface area contributed by atoms with Gasteiger partial charge in [0.2, 0.25) is 0 Å². The Morgan fingerprint density at radius 1 is 1.27 bits per heavy atom. The highest BCUT2D eigenvalue weighted by Crippen LogP contribution is 2.22. The largest absolute Gasteiger partial charge is 0.352 e. The molecule has 3 heteroatoms. The molecule has 0 saturated carbocycles. The summed E-state index contributed by atoms with van der Waals surface area (Å²) in [6.07, 6.45) is 3.70. The van der Waals surface area contributed by atoms with Crippen LogP contribution in [0.3, 0.4) is 0 Å². The molecule has 1 aromatic rings. The molecule has 82 valence electrons. The van der Waals surface area contributed by atoms with Crippen LogP contribution < -0.4 is 0 Å². The van der Waals surface area contributed by atoms with E-state index < -0.39 is 0 Å². The van der Waals surface area contributed by atoms with Crippen LogP contribution in [-0.4, -0.2) is 20.0 Å². The lowest BCUT2D eigenvalue weighted by Crippen LogP contribution is -2.05. The normalized spacial score (nSPS) is 11.5. The molecule has 0 aliphatic rings. The van der Waals surface area contributed by atoms with Crippen molar-refractivity contribution in [1.29, 1.82) is 0 Å². The quantitative estimate of drug-likeness (QED) is 0.612. The van der Waals surface area contributed by atoms with Crippen molar-refractivity contribution in [2.45, 2.75) is 6.29 Å². The van der Waals surface area contributed by atoms with Crippen LogP contribution in [0.1, 0.15) is 17.4 Å². The first kappa shape index (κ1) is 12.3. The van der Waals surface area contributed by atoms with Crippen molar-refractivity contribution < 1.29 is 9.47 Å². The van der Waals surface area contributed by atoms with Gasteiger partial charge in [0.1, 0.15) is 0 Å². The lowest BCUT2D eigenvalue weighted by molar-refractivity contribution is -0.106. The van der Waals surface area contributed by atoms with Gasteiger partial charge in [-0.3, -0.25) is 0 Å². The van der Waals surface area contributed by atoms with E-state index in [0.29, 0.717) is 0 Å². The zero-order valence-corrected chi connectivity index (χ0v) is 9.91. The Hall–Kier alpha value is -0.770. The summed E-state index contributed by atoms with van der Waals surface area (Å²) in [4.78, 5) is 0. The number of rotatable bonds is 5. The van der Waals surface area contributed by atoms with Gasteiger partial charge < -0.3 is 9.47 Å². The molecule has 0 aromatic heterocycles. The Kier molecular flexibility index (Phi) is 5.47. The van der Waals surface area contributed by atoms with Crippen LogP contribution in [0.15, 0.2) is 30.3 Å². The van der Waals surface area contributed by atoms with E-state index in [0.717, 1.165) is 16.9 Å². The molecule has 2 nitrogen and oxygen atoms in total. The summed E-state index contributed by atoms with van der Waals surface area (Å²) in [5.41, 5.74) is 2.13. The standard InChI is InChI=1S/C12H16O2S/c1-13-12(14-2)11-8-4-3-6-10(11)7-5-9-15/h3-8,12,15H,9H2,1-2H3. The van der Waals surface area contributed by atoms with Gasteiger partial charge in [-0.1, -0.05) is 36.4 Å². The van der Waals surface area contributed by atoms with E-state index in [4.69, 9.17) is 9.47 Å². The minimum atomic E-state index is -0.314. The van der Waals surface area contributed by atoms with Gasteiger partial charge in [-0.15, -0.1) is 0 Å². The Morgan fingerprint density at radius 3 is 2.53 bits per heavy atom. The fourth-order valence-electron chi connectivity index (χ4n) is 1.41. The summed E-state index contributed by atoms with van der Waals surface area (Å²) in [6, 6.07) is 7.98. The molecule has 0 fully saturated rings. The van der Waals surface area contributed by atoms with Crippen LogP contribution in [0.2, 0.25) is 0 Å². The molecule has 1 rings (SSSR count). The van der Waals surface area contributed by atoms with Gasteiger partial charge in [0, 0.05) is 25.5 Å². The smallest absolute Gasteiger partial charge is 0.183 e. The number of hydrogen-bond acceptors (Lipinski definition) is 3. The van der Waals surface area contributed by atoms with E-state index >= 15 is 0 Å². The molecule has 0 atom stereocenters. The lowest BCUT2D eigenvalue weighted by Gasteiger charge is -2.15. The van der Waals surface area contributed by atoms with Crippen molar-refractivity contribution in [3.63, 3.8) is 0 Å². The average molecular weight is 224 g/mol. The van der Waals surface area contributed by atoms with Crippen molar-refractivity contribution in [1.82, 2.24) is 0 Å². The molecule has 1 aromatic carbocycles. The van der Waals surface area contributed by atoms with Crippen LogP contribution in [0.5, 0.6) is 0 Å². The second-order valence-electron chi connectivity index (χ2n) is 3.02. The number of methoxy groups -OCH3 is 2. The van der Waals surface area contributed by atoms with Crippen LogP contribution in [0.25, 0.3) is 6.08 Å². The summed E-state index contributed by atoms with van der Waals surface area (Å²) < 4.78 is 10.5. The van der Waals surface area contributed by atoms with Gasteiger partial charge in [-0.05, 0) is 5.56 Å². The minimum absolute atomic E-state index is 0.314. The van der Waals surface area contributed by atoms with Crippen molar-refractivity contribution >= 4 is 18.7 Å². The van der Waals surface area contributed by atoms with Crippen molar-refractivity contribution in [3.8, 4) is 0 Å². The van der Waals surface area contributed by atoms with Crippen molar-refractivity contribution in [2.24, 2.45) is 0 Å². The summed E-state index contributed by atoms with van der Waals surface area (Å²) >= 11 is 4.13. The van der Waals surface area contributed by atoms with Crippen LogP contribution >= 0.6 is 12.6 Å². The molecule has 0 N–H and O–H groups in total. The molecule has 0 heterocycles. The first-order valence-electron chi connectivity index (χ1n) is 4.75. The zero-order chi connectivity index (χ0) is 11.1. The van der Waals surface area contributed by atoms with Crippen molar-refractivity contribution in [3.05, 3.63) is 41.5 Å². The highest BCUT2D eigenvalue weighted by atomic mass is 32.1. The van der Waals surface area contributed by atoms with Crippen LogP contribution in [0.4, 0.5) is 0 Å².